The Hall–Kier alpha value is -2.58. The summed E-state index contributed by atoms with van der Waals surface area (Å²) >= 11 is 1.44. The second-order valence-corrected chi connectivity index (χ2v) is 7.74. The summed E-state index contributed by atoms with van der Waals surface area (Å²) in [5, 5.41) is 11.2. The van der Waals surface area contributed by atoms with E-state index >= 15 is 0 Å². The van der Waals surface area contributed by atoms with Gasteiger partial charge in [-0.1, -0.05) is 12.1 Å². The molecule has 0 atom stereocenters. The Bertz CT molecular complexity index is 901. The Labute approximate surface area is 160 Å². The van der Waals surface area contributed by atoms with E-state index < -0.39 is 5.54 Å². The van der Waals surface area contributed by atoms with Crippen molar-refractivity contribution in [2.45, 2.75) is 24.8 Å². The summed E-state index contributed by atoms with van der Waals surface area (Å²) in [5.74, 6) is -0.336. The number of benzene rings is 1. The van der Waals surface area contributed by atoms with Crippen molar-refractivity contribution in [2.24, 2.45) is 0 Å². The van der Waals surface area contributed by atoms with Crippen LogP contribution in [-0.4, -0.2) is 33.8 Å². The molecule has 0 spiro atoms. The third kappa shape index (κ3) is 3.77. The van der Waals surface area contributed by atoms with Crippen LogP contribution in [0.3, 0.4) is 0 Å². The van der Waals surface area contributed by atoms with Crippen LogP contribution in [0.25, 0.3) is 0 Å². The van der Waals surface area contributed by atoms with Crippen LogP contribution in [0.2, 0.25) is 0 Å². The zero-order chi connectivity index (χ0) is 18.7. The van der Waals surface area contributed by atoms with E-state index in [4.69, 9.17) is 0 Å². The number of nitrogens with one attached hydrogen (secondary N) is 2. The third-order valence-electron chi connectivity index (χ3n) is 4.86. The van der Waals surface area contributed by atoms with Gasteiger partial charge in [0.2, 0.25) is 0 Å². The predicted octanol–water partition coefficient (Wildman–Crippen LogP) is 2.79. The second-order valence-electron chi connectivity index (χ2n) is 6.62. The van der Waals surface area contributed by atoms with Crippen molar-refractivity contribution < 1.29 is 9.18 Å². The summed E-state index contributed by atoms with van der Waals surface area (Å²) < 4.78 is 14.8. The first-order valence-electron chi connectivity index (χ1n) is 8.87. The zero-order valence-electron chi connectivity index (χ0n) is 14.7. The van der Waals surface area contributed by atoms with E-state index in [1.165, 1.54) is 23.5 Å². The van der Waals surface area contributed by atoms with E-state index in [-0.39, 0.29) is 11.7 Å². The van der Waals surface area contributed by atoms with E-state index in [1.54, 1.807) is 29.2 Å². The van der Waals surface area contributed by atoms with Crippen LogP contribution in [-0.2, 0) is 16.8 Å². The molecule has 0 saturated carbocycles. The van der Waals surface area contributed by atoms with Crippen molar-refractivity contribution in [3.63, 3.8) is 0 Å². The maximum atomic E-state index is 13.1. The SMILES string of the molecule is O=C(Nc1ncc(Cc2ccc(F)cc2)s1)C1(n2cccn2)CCNCC1. The van der Waals surface area contributed by atoms with Crippen LogP contribution in [0.4, 0.5) is 9.52 Å². The third-order valence-corrected chi connectivity index (χ3v) is 5.77. The van der Waals surface area contributed by atoms with Gasteiger partial charge in [-0.25, -0.2) is 9.37 Å². The van der Waals surface area contributed by atoms with Crippen molar-refractivity contribution in [3.8, 4) is 0 Å². The minimum absolute atomic E-state index is 0.0876. The van der Waals surface area contributed by atoms with Gasteiger partial charge >= 0.3 is 0 Å². The number of carbonyl (C=O) groups is 1. The number of nitrogens with zero attached hydrogens (tertiary/aromatic N) is 3. The highest BCUT2D eigenvalue weighted by Crippen LogP contribution is 2.30. The molecule has 1 fully saturated rings. The minimum atomic E-state index is -0.697. The lowest BCUT2D eigenvalue weighted by Gasteiger charge is -2.36. The average Bonchev–Trinajstić information content (AvgIpc) is 3.37. The van der Waals surface area contributed by atoms with Gasteiger partial charge in [-0.3, -0.25) is 14.8 Å². The molecule has 8 heteroatoms. The molecule has 1 saturated heterocycles. The normalized spacial score (nSPS) is 16.2. The van der Waals surface area contributed by atoms with Crippen LogP contribution in [0.5, 0.6) is 0 Å². The molecule has 4 rings (SSSR count). The summed E-state index contributed by atoms with van der Waals surface area (Å²) in [6.45, 7) is 1.53. The van der Waals surface area contributed by atoms with Gasteiger partial charge in [-0.05, 0) is 49.7 Å². The van der Waals surface area contributed by atoms with Crippen LogP contribution < -0.4 is 10.6 Å². The van der Waals surface area contributed by atoms with Gasteiger partial charge < -0.3 is 5.32 Å². The highest BCUT2D eigenvalue weighted by molar-refractivity contribution is 7.15. The lowest BCUT2D eigenvalue weighted by molar-refractivity contribution is -0.126. The van der Waals surface area contributed by atoms with Gasteiger partial charge in [0.25, 0.3) is 5.91 Å². The lowest BCUT2D eigenvalue weighted by Crippen LogP contribution is -2.52. The van der Waals surface area contributed by atoms with Crippen molar-refractivity contribution in [1.82, 2.24) is 20.1 Å². The first-order valence-corrected chi connectivity index (χ1v) is 9.69. The highest BCUT2D eigenvalue weighted by Gasteiger charge is 2.42. The molecule has 0 radical (unpaired) electrons. The van der Waals surface area contributed by atoms with Crippen molar-refractivity contribution in [3.05, 3.63) is 65.2 Å². The Morgan fingerprint density at radius 2 is 2.07 bits per heavy atom. The average molecular weight is 385 g/mol. The molecule has 2 N–H and O–H groups in total. The first-order chi connectivity index (χ1) is 13.2. The van der Waals surface area contributed by atoms with E-state index in [0.717, 1.165) is 23.5 Å². The molecule has 6 nitrogen and oxygen atoms in total. The van der Waals surface area contributed by atoms with Gasteiger partial charge in [0.05, 0.1) is 0 Å². The number of thiazole rings is 1. The molecule has 1 aromatic carbocycles. The van der Waals surface area contributed by atoms with Gasteiger partial charge in [0.15, 0.2) is 5.13 Å². The van der Waals surface area contributed by atoms with E-state index in [1.807, 2.05) is 12.3 Å². The standard InChI is InChI=1S/C19H20FN5OS/c20-15-4-2-14(3-5-15)12-16-13-22-18(27-16)24-17(26)19(6-9-21-10-7-19)25-11-1-8-23-25/h1-5,8,11,13,21H,6-7,9-10,12H2,(H,22,24,26). The molecular formula is C19H20FN5OS. The van der Waals surface area contributed by atoms with Crippen LogP contribution in [0.15, 0.2) is 48.9 Å². The van der Waals surface area contributed by atoms with E-state index in [0.29, 0.717) is 24.4 Å². The summed E-state index contributed by atoms with van der Waals surface area (Å²) in [5.41, 5.74) is 0.307. The minimum Gasteiger partial charge on any atom is -0.317 e. The molecular weight excluding hydrogens is 365 g/mol. The second kappa shape index (κ2) is 7.58. The molecule has 27 heavy (non-hydrogen) atoms. The largest absolute Gasteiger partial charge is 0.317 e. The molecule has 2 aromatic heterocycles. The fourth-order valence-electron chi connectivity index (χ4n) is 3.39. The van der Waals surface area contributed by atoms with E-state index in [9.17, 15) is 9.18 Å². The molecule has 1 aliphatic rings. The number of rotatable bonds is 5. The summed E-state index contributed by atoms with van der Waals surface area (Å²) in [7, 11) is 0. The van der Waals surface area contributed by atoms with Crippen LogP contribution in [0, 0.1) is 5.82 Å². The Balaban J connectivity index is 1.49. The number of amides is 1. The number of piperidine rings is 1. The van der Waals surface area contributed by atoms with Gasteiger partial charge in [-0.15, -0.1) is 11.3 Å². The van der Waals surface area contributed by atoms with Crippen LogP contribution >= 0.6 is 11.3 Å². The molecule has 140 valence electrons. The predicted molar refractivity (Wildman–Crippen MR) is 102 cm³/mol. The summed E-state index contributed by atoms with van der Waals surface area (Å²) in [4.78, 5) is 18.5. The fourth-order valence-corrected chi connectivity index (χ4v) is 4.23. The Kier molecular flexibility index (Phi) is 5.00. The number of anilines is 1. The van der Waals surface area contributed by atoms with Gasteiger partial charge in [0.1, 0.15) is 11.4 Å². The Morgan fingerprint density at radius 1 is 1.30 bits per heavy atom. The van der Waals surface area contributed by atoms with E-state index in [2.05, 4.69) is 20.7 Å². The van der Waals surface area contributed by atoms with Crippen LogP contribution in [0.1, 0.15) is 23.3 Å². The zero-order valence-corrected chi connectivity index (χ0v) is 15.5. The fraction of sp³-hybridized carbons (Fsp3) is 0.316. The number of hydrogen-bond donors (Lipinski definition) is 2. The quantitative estimate of drug-likeness (QED) is 0.708. The summed E-state index contributed by atoms with van der Waals surface area (Å²) in [6, 6.07) is 8.25. The number of hydrogen-bond acceptors (Lipinski definition) is 5. The highest BCUT2D eigenvalue weighted by atomic mass is 32.1. The Morgan fingerprint density at radius 3 is 2.78 bits per heavy atom. The lowest BCUT2D eigenvalue weighted by atomic mass is 9.87. The van der Waals surface area contributed by atoms with Crippen molar-refractivity contribution >= 4 is 22.4 Å². The van der Waals surface area contributed by atoms with Gasteiger partial charge in [-0.2, -0.15) is 5.10 Å². The smallest absolute Gasteiger partial charge is 0.254 e. The number of halogens is 1. The topological polar surface area (TPSA) is 71.8 Å². The maximum Gasteiger partial charge on any atom is 0.254 e. The van der Waals surface area contributed by atoms with Crippen molar-refractivity contribution in [2.75, 3.05) is 18.4 Å². The monoisotopic (exact) mass is 385 g/mol. The molecule has 1 aliphatic heterocycles. The number of carbonyl (C=O) groups excluding carboxylic acids is 1. The van der Waals surface area contributed by atoms with Crippen molar-refractivity contribution in [1.29, 1.82) is 0 Å². The molecule has 1 amide bonds. The molecule has 3 heterocycles. The molecule has 3 aromatic rings. The van der Waals surface area contributed by atoms with Gasteiger partial charge in [0, 0.05) is 29.9 Å². The number of aromatic nitrogens is 3. The maximum absolute atomic E-state index is 13.1. The molecule has 0 bridgehead atoms. The molecule has 0 unspecified atom stereocenters. The molecule has 0 aliphatic carbocycles. The summed E-state index contributed by atoms with van der Waals surface area (Å²) in [6.07, 6.45) is 7.30. The first kappa shape index (κ1) is 17.8.